The zero-order chi connectivity index (χ0) is 13.0. The van der Waals surface area contributed by atoms with Gasteiger partial charge in [0.05, 0.1) is 5.69 Å². The van der Waals surface area contributed by atoms with Crippen LogP contribution in [-0.2, 0) is 6.42 Å². The van der Waals surface area contributed by atoms with E-state index in [-0.39, 0.29) is 0 Å². The summed E-state index contributed by atoms with van der Waals surface area (Å²) >= 11 is 1.70. The summed E-state index contributed by atoms with van der Waals surface area (Å²) < 4.78 is 2.12. The first-order valence-electron chi connectivity index (χ1n) is 6.87. The second kappa shape index (κ2) is 6.34. The molecule has 2 atom stereocenters. The first kappa shape index (κ1) is 13.6. The van der Waals surface area contributed by atoms with E-state index in [4.69, 9.17) is 0 Å². The van der Waals surface area contributed by atoms with Gasteiger partial charge < -0.3 is 5.32 Å². The van der Waals surface area contributed by atoms with Crippen molar-refractivity contribution in [3.63, 3.8) is 0 Å². The average Bonchev–Trinajstić information content (AvgIpc) is 2.89. The fraction of sp³-hybridized carbons (Fsp3) is 0.643. The second-order valence-electron chi connectivity index (χ2n) is 5.03. The van der Waals surface area contributed by atoms with Crippen molar-refractivity contribution in [2.75, 3.05) is 6.54 Å². The molecule has 0 saturated heterocycles. The summed E-state index contributed by atoms with van der Waals surface area (Å²) in [5, 5.41) is 5.66. The summed E-state index contributed by atoms with van der Waals surface area (Å²) in [5.74, 6) is 0.776. The van der Waals surface area contributed by atoms with Crippen LogP contribution in [0.15, 0.2) is 17.8 Å². The number of hydrogen-bond acceptors (Lipinski definition) is 3. The smallest absolute Gasteiger partial charge is 0.193 e. The van der Waals surface area contributed by atoms with Gasteiger partial charge in [0.1, 0.15) is 0 Å². The number of rotatable bonds is 7. The van der Waals surface area contributed by atoms with Gasteiger partial charge in [-0.1, -0.05) is 27.2 Å². The number of nitrogens with zero attached hydrogens (tertiary/aromatic N) is 2. The van der Waals surface area contributed by atoms with E-state index in [0.717, 1.165) is 23.8 Å². The highest BCUT2D eigenvalue weighted by atomic mass is 32.1. The molecule has 0 amide bonds. The first-order valence-corrected chi connectivity index (χ1v) is 7.75. The second-order valence-corrected chi connectivity index (χ2v) is 5.91. The lowest BCUT2D eigenvalue weighted by Crippen LogP contribution is -2.32. The molecule has 2 unspecified atom stereocenters. The zero-order valence-corrected chi connectivity index (χ0v) is 12.3. The molecule has 0 aliphatic heterocycles. The maximum Gasteiger partial charge on any atom is 0.193 e. The zero-order valence-electron chi connectivity index (χ0n) is 11.5. The molecule has 0 aromatic carbocycles. The van der Waals surface area contributed by atoms with E-state index in [1.54, 1.807) is 11.3 Å². The third-order valence-electron chi connectivity index (χ3n) is 3.48. The van der Waals surface area contributed by atoms with E-state index in [9.17, 15) is 0 Å². The van der Waals surface area contributed by atoms with Crippen LogP contribution in [0.4, 0.5) is 0 Å². The molecular weight excluding hydrogens is 242 g/mol. The van der Waals surface area contributed by atoms with Crippen LogP contribution in [0.5, 0.6) is 0 Å². The van der Waals surface area contributed by atoms with Crippen molar-refractivity contribution in [1.82, 2.24) is 14.7 Å². The lowest BCUT2D eigenvalue weighted by atomic mass is 9.96. The number of nitrogens with one attached hydrogen (secondary N) is 1. The third-order valence-corrected chi connectivity index (χ3v) is 4.25. The summed E-state index contributed by atoms with van der Waals surface area (Å²) in [6, 6.07) is 0.551. The Hall–Kier alpha value is -0.870. The highest BCUT2D eigenvalue weighted by Crippen LogP contribution is 2.16. The van der Waals surface area contributed by atoms with Crippen molar-refractivity contribution in [2.45, 2.75) is 46.1 Å². The van der Waals surface area contributed by atoms with E-state index in [1.165, 1.54) is 18.5 Å². The summed E-state index contributed by atoms with van der Waals surface area (Å²) in [4.78, 5) is 5.77. The first-order chi connectivity index (χ1) is 8.72. The molecule has 0 bridgehead atoms. The van der Waals surface area contributed by atoms with E-state index in [2.05, 4.69) is 53.2 Å². The summed E-state index contributed by atoms with van der Waals surface area (Å²) in [6.45, 7) is 7.80. The lowest BCUT2D eigenvalue weighted by Gasteiger charge is -2.20. The molecule has 0 fully saturated rings. The third kappa shape index (κ3) is 3.33. The molecule has 1 N–H and O–H groups in total. The predicted octanol–water partition coefficient (Wildman–Crippen LogP) is 3.35. The van der Waals surface area contributed by atoms with E-state index in [1.807, 2.05) is 0 Å². The van der Waals surface area contributed by atoms with Gasteiger partial charge in [0.25, 0.3) is 0 Å². The molecule has 18 heavy (non-hydrogen) atoms. The molecule has 100 valence electrons. The van der Waals surface area contributed by atoms with Gasteiger partial charge in [-0.05, 0) is 18.9 Å². The Morgan fingerprint density at radius 2 is 2.28 bits per heavy atom. The minimum atomic E-state index is 0.551. The minimum Gasteiger partial charge on any atom is -0.314 e. The molecule has 4 heteroatoms. The van der Waals surface area contributed by atoms with Crippen LogP contribution in [0.2, 0.25) is 0 Å². The topological polar surface area (TPSA) is 29.3 Å². The van der Waals surface area contributed by atoms with Crippen molar-refractivity contribution in [3.8, 4) is 0 Å². The Kier molecular flexibility index (Phi) is 4.78. The van der Waals surface area contributed by atoms with Crippen LogP contribution in [0.3, 0.4) is 0 Å². The van der Waals surface area contributed by atoms with Gasteiger partial charge in [0.2, 0.25) is 0 Å². The number of thiazole rings is 1. The molecule has 0 aliphatic carbocycles. The van der Waals surface area contributed by atoms with Crippen molar-refractivity contribution in [3.05, 3.63) is 23.5 Å². The fourth-order valence-electron chi connectivity index (χ4n) is 2.31. The minimum absolute atomic E-state index is 0.551. The molecule has 0 saturated carbocycles. The Bertz CT molecular complexity index is 446. The van der Waals surface area contributed by atoms with E-state index < -0.39 is 0 Å². The van der Waals surface area contributed by atoms with Crippen molar-refractivity contribution < 1.29 is 0 Å². The maximum absolute atomic E-state index is 4.67. The predicted molar refractivity (Wildman–Crippen MR) is 78.3 cm³/mol. The highest BCUT2D eigenvalue weighted by Gasteiger charge is 2.14. The lowest BCUT2D eigenvalue weighted by molar-refractivity contribution is 0.395. The fourth-order valence-corrected chi connectivity index (χ4v) is 3.03. The monoisotopic (exact) mass is 265 g/mol. The SMILES string of the molecule is CCNC(Cc1cn2ccsc2n1)CC(C)CC. The summed E-state index contributed by atoms with van der Waals surface area (Å²) in [5.41, 5.74) is 1.20. The number of imidazole rings is 1. The average molecular weight is 265 g/mol. The van der Waals surface area contributed by atoms with E-state index >= 15 is 0 Å². The Morgan fingerprint density at radius 1 is 1.44 bits per heavy atom. The van der Waals surface area contributed by atoms with Crippen LogP contribution in [-0.4, -0.2) is 22.0 Å². The Balaban J connectivity index is 2.01. The normalized spacial score (nSPS) is 15.1. The maximum atomic E-state index is 4.67. The van der Waals surface area contributed by atoms with Crippen LogP contribution >= 0.6 is 11.3 Å². The standard InChI is InChI=1S/C14H23N3S/c1-4-11(3)8-12(15-5-2)9-13-10-17-6-7-18-14(17)16-13/h6-7,10-12,15H,4-5,8-9H2,1-3H3. The number of aromatic nitrogens is 2. The van der Waals surface area contributed by atoms with Gasteiger partial charge >= 0.3 is 0 Å². The quantitative estimate of drug-likeness (QED) is 0.832. The molecule has 2 rings (SSSR count). The van der Waals surface area contributed by atoms with Crippen LogP contribution in [0.1, 0.15) is 39.3 Å². The Morgan fingerprint density at radius 3 is 2.94 bits per heavy atom. The van der Waals surface area contributed by atoms with Crippen molar-refractivity contribution in [1.29, 1.82) is 0 Å². The molecule has 2 aromatic heterocycles. The molecule has 0 radical (unpaired) electrons. The van der Waals surface area contributed by atoms with Crippen molar-refractivity contribution >= 4 is 16.3 Å². The molecule has 2 heterocycles. The van der Waals surface area contributed by atoms with Crippen LogP contribution in [0.25, 0.3) is 4.96 Å². The van der Waals surface area contributed by atoms with Gasteiger partial charge in [0.15, 0.2) is 4.96 Å². The van der Waals surface area contributed by atoms with Gasteiger partial charge in [0, 0.05) is 30.2 Å². The molecule has 0 spiro atoms. The summed E-state index contributed by atoms with van der Waals surface area (Å²) in [7, 11) is 0. The number of hydrogen-bond donors (Lipinski definition) is 1. The number of likely N-dealkylation sites (N-methyl/N-ethyl adjacent to an activating group) is 1. The van der Waals surface area contributed by atoms with Crippen LogP contribution < -0.4 is 5.32 Å². The Labute approximate surface area is 113 Å². The van der Waals surface area contributed by atoms with Crippen molar-refractivity contribution in [2.24, 2.45) is 5.92 Å². The summed E-state index contributed by atoms with van der Waals surface area (Å²) in [6.07, 6.45) is 7.75. The van der Waals surface area contributed by atoms with Gasteiger partial charge in [-0.3, -0.25) is 4.40 Å². The molecule has 0 aliphatic rings. The van der Waals surface area contributed by atoms with Gasteiger partial charge in [-0.2, -0.15) is 0 Å². The highest BCUT2D eigenvalue weighted by molar-refractivity contribution is 7.15. The molecule has 3 nitrogen and oxygen atoms in total. The van der Waals surface area contributed by atoms with E-state index in [0.29, 0.717) is 6.04 Å². The van der Waals surface area contributed by atoms with Gasteiger partial charge in [-0.15, -0.1) is 11.3 Å². The van der Waals surface area contributed by atoms with Crippen LogP contribution in [0, 0.1) is 5.92 Å². The largest absolute Gasteiger partial charge is 0.314 e. The molecular formula is C14H23N3S. The number of fused-ring (bicyclic) bond motifs is 1. The molecule has 2 aromatic rings. The van der Waals surface area contributed by atoms with Gasteiger partial charge in [-0.25, -0.2) is 4.98 Å².